The minimum absolute atomic E-state index is 0.660. The van der Waals surface area contributed by atoms with Crippen LogP contribution in [0.3, 0.4) is 0 Å². The van der Waals surface area contributed by atoms with Crippen molar-refractivity contribution in [3.8, 4) is 0 Å². The molecule has 3 nitrogen and oxygen atoms in total. The van der Waals surface area contributed by atoms with Gasteiger partial charge in [0.1, 0.15) is 0 Å². The summed E-state index contributed by atoms with van der Waals surface area (Å²) in [5.74, 6) is 0. The second-order valence-electron chi connectivity index (χ2n) is 5.30. The van der Waals surface area contributed by atoms with Gasteiger partial charge in [0.15, 0.2) is 0 Å². The fourth-order valence-corrected chi connectivity index (χ4v) is 2.70. The molecular formula is C15H25N3. The zero-order valence-corrected chi connectivity index (χ0v) is 11.4. The maximum absolute atomic E-state index is 5.65. The van der Waals surface area contributed by atoms with Gasteiger partial charge in [0.05, 0.1) is 0 Å². The summed E-state index contributed by atoms with van der Waals surface area (Å²) in [5, 5.41) is 0. The quantitative estimate of drug-likeness (QED) is 0.856. The molecule has 0 aliphatic carbocycles. The number of likely N-dealkylation sites (N-methyl/N-ethyl adjacent to an activating group) is 1. The predicted octanol–water partition coefficient (Wildman–Crippen LogP) is 1.54. The van der Waals surface area contributed by atoms with Crippen molar-refractivity contribution >= 4 is 0 Å². The number of benzene rings is 1. The first kappa shape index (κ1) is 13.5. The summed E-state index contributed by atoms with van der Waals surface area (Å²) in [4.78, 5) is 5.05. The van der Waals surface area contributed by atoms with Crippen LogP contribution in [0.1, 0.15) is 18.4 Å². The molecule has 0 aromatic heterocycles. The van der Waals surface area contributed by atoms with E-state index in [0.717, 1.165) is 19.5 Å². The van der Waals surface area contributed by atoms with E-state index in [1.54, 1.807) is 0 Å². The van der Waals surface area contributed by atoms with Crippen molar-refractivity contribution < 1.29 is 0 Å². The highest BCUT2D eigenvalue weighted by atomic mass is 15.3. The lowest BCUT2D eigenvalue weighted by molar-refractivity contribution is 0.0775. The molecule has 0 saturated carbocycles. The predicted molar refractivity (Wildman–Crippen MR) is 76.4 cm³/mol. The van der Waals surface area contributed by atoms with Crippen molar-refractivity contribution in [3.63, 3.8) is 0 Å². The van der Waals surface area contributed by atoms with E-state index >= 15 is 0 Å². The van der Waals surface area contributed by atoms with E-state index in [1.165, 1.54) is 31.6 Å². The first-order valence-corrected chi connectivity index (χ1v) is 6.96. The standard InChI is InChI=1S/C15H25N3/c1-17-10-11-18(15(13-17)8-5-9-16)12-14-6-3-2-4-7-14/h2-4,6-7,15H,5,8-13,16H2,1H3. The molecule has 100 valence electrons. The van der Waals surface area contributed by atoms with Gasteiger partial charge in [-0.3, -0.25) is 4.90 Å². The Bertz CT molecular complexity index is 339. The molecule has 1 aromatic rings. The molecule has 1 fully saturated rings. The average Bonchev–Trinajstić information content (AvgIpc) is 2.40. The van der Waals surface area contributed by atoms with Crippen LogP contribution in [0, 0.1) is 0 Å². The summed E-state index contributed by atoms with van der Waals surface area (Å²) in [6.07, 6.45) is 2.34. The smallest absolute Gasteiger partial charge is 0.0237 e. The molecule has 3 heteroatoms. The van der Waals surface area contributed by atoms with Gasteiger partial charge in [0, 0.05) is 32.2 Å². The molecule has 1 aliphatic rings. The summed E-state index contributed by atoms with van der Waals surface area (Å²) in [6.45, 7) is 5.39. The normalized spacial score (nSPS) is 22.2. The Morgan fingerprint density at radius 1 is 1.22 bits per heavy atom. The SMILES string of the molecule is CN1CCN(Cc2ccccc2)C(CCCN)C1. The maximum atomic E-state index is 5.65. The zero-order valence-electron chi connectivity index (χ0n) is 11.4. The van der Waals surface area contributed by atoms with E-state index in [0.29, 0.717) is 6.04 Å². The zero-order chi connectivity index (χ0) is 12.8. The van der Waals surface area contributed by atoms with Crippen molar-refractivity contribution in [2.45, 2.75) is 25.4 Å². The largest absolute Gasteiger partial charge is 0.330 e. The van der Waals surface area contributed by atoms with Crippen LogP contribution in [-0.2, 0) is 6.54 Å². The van der Waals surface area contributed by atoms with Gasteiger partial charge < -0.3 is 10.6 Å². The molecule has 18 heavy (non-hydrogen) atoms. The van der Waals surface area contributed by atoms with Gasteiger partial charge in [-0.15, -0.1) is 0 Å². The molecular weight excluding hydrogens is 222 g/mol. The van der Waals surface area contributed by atoms with E-state index < -0.39 is 0 Å². The number of nitrogens with zero attached hydrogens (tertiary/aromatic N) is 2. The second kappa shape index (κ2) is 6.88. The van der Waals surface area contributed by atoms with Gasteiger partial charge in [-0.25, -0.2) is 0 Å². The topological polar surface area (TPSA) is 32.5 Å². The van der Waals surface area contributed by atoms with E-state index in [9.17, 15) is 0 Å². The molecule has 0 amide bonds. The summed E-state index contributed by atoms with van der Waals surface area (Å²) in [5.41, 5.74) is 7.06. The van der Waals surface area contributed by atoms with Crippen molar-refractivity contribution in [1.82, 2.24) is 9.80 Å². The van der Waals surface area contributed by atoms with Gasteiger partial charge in [-0.2, -0.15) is 0 Å². The number of piperazine rings is 1. The third-order valence-corrected chi connectivity index (χ3v) is 3.78. The van der Waals surface area contributed by atoms with Crippen molar-refractivity contribution in [2.75, 3.05) is 33.2 Å². The van der Waals surface area contributed by atoms with Crippen LogP contribution in [0.4, 0.5) is 0 Å². The molecule has 0 spiro atoms. The van der Waals surface area contributed by atoms with Gasteiger partial charge in [-0.05, 0) is 32.0 Å². The minimum atomic E-state index is 0.660. The third-order valence-electron chi connectivity index (χ3n) is 3.78. The monoisotopic (exact) mass is 247 g/mol. The van der Waals surface area contributed by atoms with E-state index in [-0.39, 0.29) is 0 Å². The van der Waals surface area contributed by atoms with Crippen molar-refractivity contribution in [2.24, 2.45) is 5.73 Å². The molecule has 2 N–H and O–H groups in total. The fourth-order valence-electron chi connectivity index (χ4n) is 2.70. The molecule has 1 aliphatic heterocycles. The van der Waals surface area contributed by atoms with Gasteiger partial charge >= 0.3 is 0 Å². The summed E-state index contributed by atoms with van der Waals surface area (Å²) in [7, 11) is 2.22. The van der Waals surface area contributed by atoms with Crippen molar-refractivity contribution in [1.29, 1.82) is 0 Å². The van der Waals surface area contributed by atoms with E-state index in [2.05, 4.69) is 47.2 Å². The van der Waals surface area contributed by atoms with Crippen LogP contribution < -0.4 is 5.73 Å². The minimum Gasteiger partial charge on any atom is -0.330 e. The highest BCUT2D eigenvalue weighted by molar-refractivity contribution is 5.14. The van der Waals surface area contributed by atoms with Crippen LogP contribution in [0.5, 0.6) is 0 Å². The summed E-state index contributed by atoms with van der Waals surface area (Å²) >= 11 is 0. The van der Waals surface area contributed by atoms with Gasteiger partial charge in [0.2, 0.25) is 0 Å². The Morgan fingerprint density at radius 3 is 2.72 bits per heavy atom. The third kappa shape index (κ3) is 3.80. The lowest BCUT2D eigenvalue weighted by Gasteiger charge is -2.40. The van der Waals surface area contributed by atoms with Crippen molar-refractivity contribution in [3.05, 3.63) is 35.9 Å². The highest BCUT2D eigenvalue weighted by Crippen LogP contribution is 2.16. The molecule has 1 heterocycles. The highest BCUT2D eigenvalue weighted by Gasteiger charge is 2.24. The molecule has 1 aromatic carbocycles. The Balaban J connectivity index is 1.95. The lowest BCUT2D eigenvalue weighted by Crippen LogP contribution is -2.51. The second-order valence-corrected chi connectivity index (χ2v) is 5.30. The van der Waals surface area contributed by atoms with Crippen LogP contribution in [0.15, 0.2) is 30.3 Å². The molecule has 1 unspecified atom stereocenters. The van der Waals surface area contributed by atoms with E-state index in [1.807, 2.05) is 0 Å². The van der Waals surface area contributed by atoms with Crippen LogP contribution in [0.2, 0.25) is 0 Å². The molecule has 0 bridgehead atoms. The molecule has 0 radical (unpaired) electrons. The molecule has 2 rings (SSSR count). The summed E-state index contributed by atoms with van der Waals surface area (Å²) in [6, 6.07) is 11.4. The first-order chi connectivity index (χ1) is 8.79. The average molecular weight is 247 g/mol. The maximum Gasteiger partial charge on any atom is 0.0237 e. The number of rotatable bonds is 5. The number of hydrogen-bond donors (Lipinski definition) is 1. The van der Waals surface area contributed by atoms with Crippen LogP contribution in [-0.4, -0.2) is 49.1 Å². The Labute approximate surface area is 111 Å². The number of hydrogen-bond acceptors (Lipinski definition) is 3. The van der Waals surface area contributed by atoms with Crippen LogP contribution >= 0.6 is 0 Å². The fraction of sp³-hybridized carbons (Fsp3) is 0.600. The van der Waals surface area contributed by atoms with Gasteiger partial charge in [-0.1, -0.05) is 30.3 Å². The lowest BCUT2D eigenvalue weighted by atomic mass is 10.1. The van der Waals surface area contributed by atoms with Gasteiger partial charge in [0.25, 0.3) is 0 Å². The molecule has 1 saturated heterocycles. The Kier molecular flexibility index (Phi) is 5.17. The van der Waals surface area contributed by atoms with Crippen LogP contribution in [0.25, 0.3) is 0 Å². The Hall–Kier alpha value is -0.900. The number of nitrogens with two attached hydrogens (primary N) is 1. The first-order valence-electron chi connectivity index (χ1n) is 6.96. The molecule has 1 atom stereocenters. The van der Waals surface area contributed by atoms with E-state index in [4.69, 9.17) is 5.73 Å². The summed E-state index contributed by atoms with van der Waals surface area (Å²) < 4.78 is 0. The Morgan fingerprint density at radius 2 is 2.00 bits per heavy atom.